The van der Waals surface area contributed by atoms with Crippen LogP contribution in [0.1, 0.15) is 109 Å². The topological polar surface area (TPSA) is 46.6 Å². The van der Waals surface area contributed by atoms with Gasteiger partial charge in [-0.1, -0.05) is 19.3 Å². The van der Waals surface area contributed by atoms with Crippen molar-refractivity contribution in [2.75, 3.05) is 14.2 Å². The van der Waals surface area contributed by atoms with Gasteiger partial charge in [0.05, 0.1) is 17.9 Å². The Morgan fingerprint density at radius 1 is 0.706 bits per heavy atom. The molecule has 0 N–H and O–H groups in total. The van der Waals surface area contributed by atoms with Crippen LogP contribution < -0.4 is 0 Å². The van der Waals surface area contributed by atoms with E-state index in [1.54, 1.807) is 7.11 Å². The number of nitrogens with zero attached hydrogens (tertiary/aromatic N) is 1. The standard InChI is InChI=1S/C30H45NO3/c1-31(24-6-4-3-5-7-24)25(32)27-10-20-8-21(11-27)15-29(14-20,18-27)30-16-22-9-23(17-30)13-28(12-22,19-30)26(33)34-2/h20-24H,3-19H2,1-2H3. The van der Waals surface area contributed by atoms with Gasteiger partial charge >= 0.3 is 5.97 Å². The highest BCUT2D eigenvalue weighted by Gasteiger charge is 2.72. The van der Waals surface area contributed by atoms with E-state index >= 15 is 0 Å². The molecule has 9 fully saturated rings. The van der Waals surface area contributed by atoms with Crippen molar-refractivity contribution in [2.24, 2.45) is 45.3 Å². The molecule has 0 aliphatic heterocycles. The van der Waals surface area contributed by atoms with Gasteiger partial charge < -0.3 is 9.64 Å². The lowest BCUT2D eigenvalue weighted by molar-refractivity contribution is -0.241. The van der Waals surface area contributed by atoms with Crippen LogP contribution in [0.15, 0.2) is 0 Å². The maximum Gasteiger partial charge on any atom is 0.311 e. The van der Waals surface area contributed by atoms with Crippen LogP contribution in [-0.4, -0.2) is 37.0 Å². The average Bonchev–Trinajstić information content (AvgIpc) is 2.81. The fourth-order valence-corrected chi connectivity index (χ4v) is 12.5. The first-order chi connectivity index (χ1) is 16.3. The average molecular weight is 468 g/mol. The third-order valence-corrected chi connectivity index (χ3v) is 12.8. The summed E-state index contributed by atoms with van der Waals surface area (Å²) in [6.07, 6.45) is 20.9. The Kier molecular flexibility index (Phi) is 4.73. The van der Waals surface area contributed by atoms with Crippen LogP contribution in [0.2, 0.25) is 0 Å². The molecule has 4 unspecified atom stereocenters. The second-order valence-corrected chi connectivity index (χ2v) is 14.7. The fourth-order valence-electron chi connectivity index (χ4n) is 12.5. The minimum atomic E-state index is -0.224. The molecule has 4 heteroatoms. The van der Waals surface area contributed by atoms with Crippen LogP contribution in [0.3, 0.4) is 0 Å². The summed E-state index contributed by atoms with van der Waals surface area (Å²) in [4.78, 5) is 29.8. The summed E-state index contributed by atoms with van der Waals surface area (Å²) in [5, 5.41) is 0. The molecule has 0 radical (unpaired) electrons. The lowest BCUT2D eigenvalue weighted by Gasteiger charge is -2.73. The van der Waals surface area contributed by atoms with Crippen LogP contribution in [0.4, 0.5) is 0 Å². The van der Waals surface area contributed by atoms with E-state index in [1.807, 2.05) is 0 Å². The van der Waals surface area contributed by atoms with Gasteiger partial charge in [-0.15, -0.1) is 0 Å². The molecule has 4 atom stereocenters. The minimum absolute atomic E-state index is 0.0820. The normalized spacial score (nSPS) is 51.0. The Hall–Kier alpha value is -1.06. The summed E-state index contributed by atoms with van der Waals surface area (Å²) in [7, 11) is 3.74. The third-order valence-electron chi connectivity index (χ3n) is 12.8. The number of ether oxygens (including phenoxy) is 1. The van der Waals surface area contributed by atoms with Crippen LogP contribution in [0.25, 0.3) is 0 Å². The highest BCUT2D eigenvalue weighted by molar-refractivity contribution is 5.83. The van der Waals surface area contributed by atoms with Crippen LogP contribution >= 0.6 is 0 Å². The van der Waals surface area contributed by atoms with Gasteiger partial charge in [0.25, 0.3) is 0 Å². The second kappa shape index (κ2) is 7.25. The summed E-state index contributed by atoms with van der Waals surface area (Å²) in [5.74, 6) is 3.44. The predicted octanol–water partition coefficient (Wildman–Crippen LogP) is 6.12. The fraction of sp³-hybridized carbons (Fsp3) is 0.933. The van der Waals surface area contributed by atoms with E-state index in [1.165, 1.54) is 70.6 Å². The summed E-state index contributed by atoms with van der Waals surface area (Å²) >= 11 is 0. The zero-order valence-corrected chi connectivity index (χ0v) is 21.6. The SMILES string of the molecule is COC(=O)C12CC3CC(C1)CC(C14CC5CC(CC(C(=O)N(C)C6CCCCC6)(C5)C1)C4)(C3)C2. The zero-order chi connectivity index (χ0) is 23.3. The molecule has 188 valence electrons. The zero-order valence-electron chi connectivity index (χ0n) is 21.6. The summed E-state index contributed by atoms with van der Waals surface area (Å²) in [6, 6.07) is 0.465. The second-order valence-electron chi connectivity index (χ2n) is 14.7. The number of hydrogen-bond acceptors (Lipinski definition) is 3. The van der Waals surface area contributed by atoms with Crippen molar-refractivity contribution >= 4 is 11.9 Å². The minimum Gasteiger partial charge on any atom is -0.469 e. The van der Waals surface area contributed by atoms with E-state index < -0.39 is 0 Å². The Bertz CT molecular complexity index is 859. The first-order valence-corrected chi connectivity index (χ1v) is 14.7. The van der Waals surface area contributed by atoms with E-state index in [-0.39, 0.29) is 27.6 Å². The maximum atomic E-state index is 14.3. The summed E-state index contributed by atoms with van der Waals surface area (Å²) < 4.78 is 5.46. The highest BCUT2D eigenvalue weighted by atomic mass is 16.5. The Balaban J connectivity index is 1.24. The van der Waals surface area contributed by atoms with Crippen molar-refractivity contribution in [2.45, 2.75) is 115 Å². The number of esters is 1. The first-order valence-electron chi connectivity index (χ1n) is 14.7. The largest absolute Gasteiger partial charge is 0.469 e. The van der Waals surface area contributed by atoms with Crippen molar-refractivity contribution in [3.63, 3.8) is 0 Å². The molecule has 1 amide bonds. The van der Waals surface area contributed by atoms with E-state index in [9.17, 15) is 9.59 Å². The first kappa shape index (κ1) is 22.2. The molecule has 0 saturated heterocycles. The molecule has 9 saturated carbocycles. The molecule has 4 nitrogen and oxygen atoms in total. The maximum absolute atomic E-state index is 14.3. The van der Waals surface area contributed by atoms with Gasteiger partial charge in [0.2, 0.25) is 5.91 Å². The van der Waals surface area contributed by atoms with Crippen molar-refractivity contribution in [1.29, 1.82) is 0 Å². The molecule has 0 aromatic heterocycles. The molecule has 9 aliphatic carbocycles. The van der Waals surface area contributed by atoms with Crippen molar-refractivity contribution < 1.29 is 14.3 Å². The highest BCUT2D eigenvalue weighted by Crippen LogP contribution is 2.78. The van der Waals surface area contributed by atoms with E-state index in [2.05, 4.69) is 11.9 Å². The Morgan fingerprint density at radius 2 is 1.18 bits per heavy atom. The van der Waals surface area contributed by atoms with Gasteiger partial charge in [-0.3, -0.25) is 9.59 Å². The van der Waals surface area contributed by atoms with E-state index in [4.69, 9.17) is 4.74 Å². The molecule has 0 heterocycles. The number of carbonyl (C=O) groups excluding carboxylic acids is 2. The summed E-state index contributed by atoms with van der Waals surface area (Å²) in [6.45, 7) is 0. The van der Waals surface area contributed by atoms with Crippen LogP contribution in [0, 0.1) is 45.3 Å². The van der Waals surface area contributed by atoms with Gasteiger partial charge in [0, 0.05) is 13.1 Å². The van der Waals surface area contributed by atoms with Gasteiger partial charge in [-0.05, 0) is 124 Å². The molecule has 34 heavy (non-hydrogen) atoms. The Labute approximate surface area is 205 Å². The number of rotatable bonds is 4. The van der Waals surface area contributed by atoms with Gasteiger partial charge in [0.15, 0.2) is 0 Å². The van der Waals surface area contributed by atoms with Gasteiger partial charge in [-0.25, -0.2) is 0 Å². The number of methoxy groups -OCH3 is 1. The molecule has 9 rings (SSSR count). The molecule has 0 aromatic carbocycles. The van der Waals surface area contributed by atoms with Gasteiger partial charge in [0.1, 0.15) is 0 Å². The van der Waals surface area contributed by atoms with Gasteiger partial charge in [-0.2, -0.15) is 0 Å². The number of hydrogen-bond donors (Lipinski definition) is 0. The van der Waals surface area contributed by atoms with Crippen molar-refractivity contribution in [1.82, 2.24) is 4.90 Å². The summed E-state index contributed by atoms with van der Waals surface area (Å²) in [5.41, 5.74) is 0.228. The third kappa shape index (κ3) is 2.89. The smallest absolute Gasteiger partial charge is 0.311 e. The molecule has 9 aliphatic rings. The van der Waals surface area contributed by atoms with Crippen LogP contribution in [-0.2, 0) is 14.3 Å². The molecular formula is C30H45NO3. The predicted molar refractivity (Wildman–Crippen MR) is 131 cm³/mol. The lowest BCUT2D eigenvalue weighted by Crippen LogP contribution is -2.67. The number of amides is 1. The molecule has 0 spiro atoms. The van der Waals surface area contributed by atoms with E-state index in [0.717, 1.165) is 50.4 Å². The molecule has 0 aromatic rings. The number of carbonyl (C=O) groups is 2. The Morgan fingerprint density at radius 3 is 1.68 bits per heavy atom. The van der Waals surface area contributed by atoms with Crippen molar-refractivity contribution in [3.05, 3.63) is 0 Å². The quantitative estimate of drug-likeness (QED) is 0.468. The molecule has 8 bridgehead atoms. The lowest BCUT2D eigenvalue weighted by atomic mass is 9.31. The monoisotopic (exact) mass is 467 g/mol. The van der Waals surface area contributed by atoms with Crippen LogP contribution in [0.5, 0.6) is 0 Å². The van der Waals surface area contributed by atoms with E-state index in [0.29, 0.717) is 23.8 Å². The molecular weight excluding hydrogens is 422 g/mol. The van der Waals surface area contributed by atoms with Crippen molar-refractivity contribution in [3.8, 4) is 0 Å².